The molecule has 0 spiro atoms. The number of aliphatic hydroxyl groups is 1. The normalized spacial score (nSPS) is 10.2. The van der Waals surface area contributed by atoms with Gasteiger partial charge in [0.2, 0.25) is 11.8 Å². The molecule has 2 N–H and O–H groups in total. The molecule has 1 heterocycles. The third kappa shape index (κ3) is 4.66. The summed E-state index contributed by atoms with van der Waals surface area (Å²) < 4.78 is 5.25. The van der Waals surface area contributed by atoms with E-state index in [0.717, 1.165) is 5.56 Å². The molecule has 6 nitrogen and oxygen atoms in total. The molecule has 136 valence electrons. The number of amides is 1. The predicted molar refractivity (Wildman–Crippen MR) is 102 cm³/mol. The standard InChI is InChI=1S/C19H13Cl2N3O3/c1-11-2-6-14(9-15(11)20)22-17(26)7-5-12-3-4-13(8-16(12)21)19-24-23-18(10-25)27-19/h2-4,6,8-9,25H,10H2,1H3,(H,22,26). The van der Waals surface area contributed by atoms with Crippen molar-refractivity contribution in [3.05, 3.63) is 63.5 Å². The highest BCUT2D eigenvalue weighted by Gasteiger charge is 2.10. The van der Waals surface area contributed by atoms with Gasteiger partial charge in [-0.1, -0.05) is 35.2 Å². The smallest absolute Gasteiger partial charge is 0.300 e. The first kappa shape index (κ1) is 18.9. The number of aromatic nitrogens is 2. The summed E-state index contributed by atoms with van der Waals surface area (Å²) in [7, 11) is 0. The molecule has 0 aliphatic carbocycles. The van der Waals surface area contributed by atoms with Gasteiger partial charge in [0.15, 0.2) is 0 Å². The minimum Gasteiger partial charge on any atom is -0.418 e. The summed E-state index contributed by atoms with van der Waals surface area (Å²) in [5.74, 6) is 5.06. The molecule has 0 bridgehead atoms. The summed E-state index contributed by atoms with van der Waals surface area (Å²) in [6, 6.07) is 10.1. The number of halogens is 2. The van der Waals surface area contributed by atoms with E-state index in [1.807, 2.05) is 6.92 Å². The number of carbonyl (C=O) groups excluding carboxylic acids is 1. The molecule has 0 fully saturated rings. The number of hydrogen-bond acceptors (Lipinski definition) is 5. The SMILES string of the molecule is Cc1ccc(NC(=O)C#Cc2ccc(-c3nnc(CO)o3)cc2Cl)cc1Cl. The Hall–Kier alpha value is -2.85. The molecule has 0 atom stereocenters. The van der Waals surface area contributed by atoms with Gasteiger partial charge in [-0.05, 0) is 42.8 Å². The molecule has 0 radical (unpaired) electrons. The van der Waals surface area contributed by atoms with Crippen LogP contribution >= 0.6 is 23.2 Å². The number of rotatable bonds is 3. The van der Waals surface area contributed by atoms with Crippen LogP contribution in [0.5, 0.6) is 0 Å². The van der Waals surface area contributed by atoms with Crippen molar-refractivity contribution in [2.24, 2.45) is 0 Å². The molecule has 0 saturated carbocycles. The van der Waals surface area contributed by atoms with E-state index in [1.54, 1.807) is 36.4 Å². The van der Waals surface area contributed by atoms with Crippen molar-refractivity contribution in [1.82, 2.24) is 10.2 Å². The van der Waals surface area contributed by atoms with Gasteiger partial charge in [0.05, 0.1) is 5.02 Å². The zero-order valence-electron chi connectivity index (χ0n) is 14.1. The molecule has 3 aromatic rings. The summed E-state index contributed by atoms with van der Waals surface area (Å²) in [6.45, 7) is 1.53. The Morgan fingerprint density at radius 3 is 2.67 bits per heavy atom. The van der Waals surface area contributed by atoms with E-state index in [9.17, 15) is 4.79 Å². The van der Waals surface area contributed by atoms with Crippen molar-refractivity contribution in [1.29, 1.82) is 0 Å². The molecule has 2 aromatic carbocycles. The predicted octanol–water partition coefficient (Wildman–Crippen LogP) is 3.83. The van der Waals surface area contributed by atoms with Crippen molar-refractivity contribution >= 4 is 34.8 Å². The molecule has 1 aromatic heterocycles. The Bertz CT molecular complexity index is 1070. The van der Waals surface area contributed by atoms with Gasteiger partial charge >= 0.3 is 5.91 Å². The minimum absolute atomic E-state index is 0.109. The van der Waals surface area contributed by atoms with E-state index in [0.29, 0.717) is 26.9 Å². The molecular weight excluding hydrogens is 389 g/mol. The molecule has 1 amide bonds. The summed E-state index contributed by atoms with van der Waals surface area (Å²) in [4.78, 5) is 12.0. The second-order valence-corrected chi connectivity index (χ2v) is 6.34. The van der Waals surface area contributed by atoms with Crippen LogP contribution in [0.4, 0.5) is 5.69 Å². The van der Waals surface area contributed by atoms with Crippen LogP contribution in [0.2, 0.25) is 10.0 Å². The van der Waals surface area contributed by atoms with Crippen molar-refractivity contribution in [3.8, 4) is 23.3 Å². The number of anilines is 1. The number of hydrogen-bond donors (Lipinski definition) is 2. The van der Waals surface area contributed by atoms with Crippen LogP contribution in [0.25, 0.3) is 11.5 Å². The molecular formula is C19H13Cl2N3O3. The minimum atomic E-state index is -0.487. The number of aryl methyl sites for hydroxylation is 1. The van der Waals surface area contributed by atoms with Crippen LogP contribution in [0, 0.1) is 18.8 Å². The van der Waals surface area contributed by atoms with Crippen LogP contribution in [-0.2, 0) is 11.4 Å². The second kappa shape index (κ2) is 8.23. The lowest BCUT2D eigenvalue weighted by Crippen LogP contribution is -2.08. The van der Waals surface area contributed by atoms with Crippen molar-refractivity contribution < 1.29 is 14.3 Å². The fraction of sp³-hybridized carbons (Fsp3) is 0.105. The Morgan fingerprint density at radius 2 is 2.00 bits per heavy atom. The van der Waals surface area contributed by atoms with Crippen molar-refractivity contribution in [2.45, 2.75) is 13.5 Å². The van der Waals surface area contributed by atoms with E-state index in [-0.39, 0.29) is 18.4 Å². The van der Waals surface area contributed by atoms with Gasteiger partial charge < -0.3 is 14.8 Å². The van der Waals surface area contributed by atoms with Gasteiger partial charge in [-0.2, -0.15) is 0 Å². The van der Waals surface area contributed by atoms with E-state index < -0.39 is 5.91 Å². The van der Waals surface area contributed by atoms with Gasteiger partial charge in [-0.15, -0.1) is 10.2 Å². The number of carbonyl (C=O) groups is 1. The Labute approximate surface area is 165 Å². The average molecular weight is 402 g/mol. The first-order valence-corrected chi connectivity index (χ1v) is 8.54. The van der Waals surface area contributed by atoms with Crippen molar-refractivity contribution in [3.63, 3.8) is 0 Å². The summed E-state index contributed by atoms with van der Waals surface area (Å²) >= 11 is 12.2. The Morgan fingerprint density at radius 1 is 1.19 bits per heavy atom. The van der Waals surface area contributed by atoms with Gasteiger partial charge in [0.25, 0.3) is 0 Å². The van der Waals surface area contributed by atoms with Gasteiger partial charge in [0.1, 0.15) is 6.61 Å². The van der Waals surface area contributed by atoms with Crippen LogP contribution in [0.3, 0.4) is 0 Å². The van der Waals surface area contributed by atoms with E-state index >= 15 is 0 Å². The first-order valence-electron chi connectivity index (χ1n) is 7.78. The third-order valence-corrected chi connectivity index (χ3v) is 4.28. The van der Waals surface area contributed by atoms with E-state index in [1.165, 1.54) is 0 Å². The largest absolute Gasteiger partial charge is 0.418 e. The molecule has 3 rings (SSSR count). The highest BCUT2D eigenvalue weighted by Crippen LogP contribution is 2.24. The number of aliphatic hydroxyl groups excluding tert-OH is 1. The van der Waals surface area contributed by atoms with Crippen molar-refractivity contribution in [2.75, 3.05) is 5.32 Å². The third-order valence-electron chi connectivity index (χ3n) is 3.56. The highest BCUT2D eigenvalue weighted by molar-refractivity contribution is 6.32. The molecule has 0 aliphatic heterocycles. The van der Waals surface area contributed by atoms with E-state index in [4.69, 9.17) is 32.7 Å². The lowest BCUT2D eigenvalue weighted by Gasteiger charge is -2.03. The Kier molecular flexibility index (Phi) is 5.77. The maximum atomic E-state index is 12.0. The van der Waals surface area contributed by atoms with E-state index in [2.05, 4.69) is 27.4 Å². The summed E-state index contributed by atoms with van der Waals surface area (Å²) in [6.07, 6.45) is 0. The van der Waals surface area contributed by atoms with Gasteiger partial charge in [0, 0.05) is 27.8 Å². The second-order valence-electron chi connectivity index (χ2n) is 5.52. The maximum absolute atomic E-state index is 12.0. The fourth-order valence-corrected chi connectivity index (χ4v) is 2.55. The van der Waals surface area contributed by atoms with Gasteiger partial charge in [-0.25, -0.2) is 0 Å². The molecule has 27 heavy (non-hydrogen) atoms. The zero-order chi connectivity index (χ0) is 19.4. The fourth-order valence-electron chi connectivity index (χ4n) is 2.14. The maximum Gasteiger partial charge on any atom is 0.300 e. The van der Waals surface area contributed by atoms with Crippen LogP contribution in [0.1, 0.15) is 17.0 Å². The lowest BCUT2D eigenvalue weighted by atomic mass is 10.1. The molecule has 0 aliphatic rings. The summed E-state index contributed by atoms with van der Waals surface area (Å²) in [5.41, 5.74) is 2.53. The topological polar surface area (TPSA) is 88.2 Å². The quantitative estimate of drug-likeness (QED) is 0.650. The number of nitrogens with one attached hydrogen (secondary N) is 1. The van der Waals surface area contributed by atoms with Crippen LogP contribution in [-0.4, -0.2) is 21.2 Å². The average Bonchev–Trinajstić information content (AvgIpc) is 3.13. The molecule has 8 heteroatoms. The monoisotopic (exact) mass is 401 g/mol. The first-order chi connectivity index (χ1) is 13.0. The number of benzene rings is 2. The molecule has 0 saturated heterocycles. The highest BCUT2D eigenvalue weighted by atomic mass is 35.5. The lowest BCUT2D eigenvalue weighted by molar-refractivity contribution is -0.111. The van der Waals surface area contributed by atoms with Crippen LogP contribution < -0.4 is 5.32 Å². The van der Waals surface area contributed by atoms with Gasteiger partial charge in [-0.3, -0.25) is 4.79 Å². The summed E-state index contributed by atoms with van der Waals surface area (Å²) in [5, 5.41) is 20.0. The van der Waals surface area contributed by atoms with Crippen LogP contribution in [0.15, 0.2) is 40.8 Å². The zero-order valence-corrected chi connectivity index (χ0v) is 15.6. The number of nitrogens with zero attached hydrogens (tertiary/aromatic N) is 2. The molecule has 0 unspecified atom stereocenters. The Balaban J connectivity index is 1.74.